The molecule has 9 heteroatoms. The van der Waals surface area contributed by atoms with Gasteiger partial charge >= 0.3 is 6.09 Å². The number of hydrogen-bond donors (Lipinski definition) is 3. The summed E-state index contributed by atoms with van der Waals surface area (Å²) >= 11 is 7.79. The van der Waals surface area contributed by atoms with Crippen molar-refractivity contribution < 1.29 is 19.4 Å². The van der Waals surface area contributed by atoms with E-state index in [0.717, 1.165) is 26.6 Å². The summed E-state index contributed by atoms with van der Waals surface area (Å²) in [7, 11) is 0. The second-order valence-electron chi connectivity index (χ2n) is 8.29. The Morgan fingerprint density at radius 1 is 1.26 bits per heavy atom. The molecular formula is C25H24ClN3O4S. The Morgan fingerprint density at radius 2 is 2.09 bits per heavy atom. The van der Waals surface area contributed by atoms with Gasteiger partial charge in [0, 0.05) is 22.0 Å². The van der Waals surface area contributed by atoms with Gasteiger partial charge in [0.25, 0.3) is 5.91 Å². The van der Waals surface area contributed by atoms with Gasteiger partial charge in [0.15, 0.2) is 0 Å². The van der Waals surface area contributed by atoms with Crippen LogP contribution in [0.5, 0.6) is 5.75 Å². The van der Waals surface area contributed by atoms with E-state index in [1.54, 1.807) is 17.9 Å². The summed E-state index contributed by atoms with van der Waals surface area (Å²) in [6.07, 6.45) is 0.288. The maximum absolute atomic E-state index is 13.1. The molecule has 0 spiro atoms. The Hall–Kier alpha value is -3.23. The van der Waals surface area contributed by atoms with Crippen LogP contribution in [0.2, 0.25) is 5.02 Å². The van der Waals surface area contributed by atoms with E-state index in [-0.39, 0.29) is 17.7 Å². The number of hydrogen-bond acceptors (Lipinski definition) is 6. The number of carbonyl (C=O) groups is 2. The number of benzene rings is 2. The van der Waals surface area contributed by atoms with E-state index in [2.05, 4.69) is 10.6 Å². The Labute approximate surface area is 206 Å². The molecule has 3 heterocycles. The maximum atomic E-state index is 13.1. The quantitative estimate of drug-likeness (QED) is 0.468. The standard InChI is InChI=1S/C25H24ClN3O4S/c1-2-33-25(32)29-10-9-16-20(13-29)34-24-21(16)23(31)27-22(28-24)17-12-14(7-8-19(17)30)11-15-5-3-4-6-18(15)26/h3-8,12,22,28,30H,2,9-11,13H2,1H3,(H,27,31). The van der Waals surface area contributed by atoms with Gasteiger partial charge in [0.05, 0.1) is 18.7 Å². The van der Waals surface area contributed by atoms with Gasteiger partial charge in [0.2, 0.25) is 0 Å². The largest absolute Gasteiger partial charge is 0.508 e. The number of amides is 2. The van der Waals surface area contributed by atoms with Crippen molar-refractivity contribution in [1.82, 2.24) is 10.2 Å². The second kappa shape index (κ2) is 9.19. The fourth-order valence-corrected chi connectivity index (χ4v) is 5.94. The molecule has 0 aliphatic carbocycles. The number of carbonyl (C=O) groups excluding carboxylic acids is 2. The van der Waals surface area contributed by atoms with Crippen LogP contribution in [0.4, 0.5) is 9.80 Å². The van der Waals surface area contributed by atoms with E-state index in [1.165, 1.54) is 11.3 Å². The van der Waals surface area contributed by atoms with Crippen molar-refractivity contribution in [3.8, 4) is 5.75 Å². The smallest absolute Gasteiger partial charge is 0.410 e. The van der Waals surface area contributed by atoms with Crippen molar-refractivity contribution >= 4 is 39.9 Å². The number of fused-ring (bicyclic) bond motifs is 3. The van der Waals surface area contributed by atoms with E-state index in [1.807, 2.05) is 36.4 Å². The number of phenolic OH excluding ortho intramolecular Hbond substituents is 1. The van der Waals surface area contributed by atoms with Crippen molar-refractivity contribution in [3.63, 3.8) is 0 Å². The number of nitrogens with zero attached hydrogens (tertiary/aromatic N) is 1. The predicted octanol–water partition coefficient (Wildman–Crippen LogP) is 5.07. The zero-order valence-corrected chi connectivity index (χ0v) is 20.1. The van der Waals surface area contributed by atoms with Crippen LogP contribution >= 0.6 is 22.9 Å². The first-order chi connectivity index (χ1) is 16.4. The van der Waals surface area contributed by atoms with E-state index >= 15 is 0 Å². The van der Waals surface area contributed by atoms with E-state index in [0.29, 0.717) is 48.7 Å². The minimum atomic E-state index is -0.576. The molecule has 1 atom stereocenters. The van der Waals surface area contributed by atoms with Gasteiger partial charge in [-0.05, 0) is 54.7 Å². The number of aromatic hydroxyl groups is 1. The van der Waals surface area contributed by atoms with Crippen LogP contribution in [-0.4, -0.2) is 35.2 Å². The molecule has 2 aromatic carbocycles. The summed E-state index contributed by atoms with van der Waals surface area (Å²) in [6, 6.07) is 13.0. The first kappa shape index (κ1) is 22.6. The summed E-state index contributed by atoms with van der Waals surface area (Å²) in [5.41, 5.74) is 4.15. The Morgan fingerprint density at radius 3 is 2.88 bits per heavy atom. The first-order valence-electron chi connectivity index (χ1n) is 11.1. The Kier molecular flexibility index (Phi) is 6.10. The normalized spacial score (nSPS) is 16.8. The van der Waals surface area contributed by atoms with Crippen molar-refractivity contribution in [1.29, 1.82) is 0 Å². The monoisotopic (exact) mass is 497 g/mol. The van der Waals surface area contributed by atoms with Crippen molar-refractivity contribution in [3.05, 3.63) is 80.2 Å². The number of anilines is 1. The average Bonchev–Trinajstić information content (AvgIpc) is 3.20. The predicted molar refractivity (Wildman–Crippen MR) is 132 cm³/mol. The molecule has 0 radical (unpaired) electrons. The molecule has 1 unspecified atom stereocenters. The summed E-state index contributed by atoms with van der Waals surface area (Å²) in [6.45, 7) is 3.04. The topological polar surface area (TPSA) is 90.9 Å². The lowest BCUT2D eigenvalue weighted by Gasteiger charge is -2.28. The van der Waals surface area contributed by atoms with Crippen LogP contribution in [0.1, 0.15) is 50.6 Å². The fourth-order valence-electron chi connectivity index (χ4n) is 4.45. The highest BCUT2D eigenvalue weighted by molar-refractivity contribution is 7.16. The van der Waals surface area contributed by atoms with Gasteiger partial charge in [-0.3, -0.25) is 4.79 Å². The summed E-state index contributed by atoms with van der Waals surface area (Å²) < 4.78 is 5.13. The highest BCUT2D eigenvalue weighted by atomic mass is 35.5. The number of thiophene rings is 1. The molecule has 7 nitrogen and oxygen atoms in total. The first-order valence-corrected chi connectivity index (χ1v) is 12.3. The zero-order valence-electron chi connectivity index (χ0n) is 18.6. The molecule has 5 rings (SSSR count). The molecule has 34 heavy (non-hydrogen) atoms. The molecule has 3 aromatic rings. The third-order valence-electron chi connectivity index (χ3n) is 6.12. The molecule has 0 fully saturated rings. The SMILES string of the molecule is CCOC(=O)N1CCc2c(sc3c2C(=O)NC(c2cc(Cc4ccccc4Cl)ccc2O)N3)C1. The van der Waals surface area contributed by atoms with Gasteiger partial charge in [-0.15, -0.1) is 11.3 Å². The summed E-state index contributed by atoms with van der Waals surface area (Å²) in [5.74, 6) is -0.0873. The Balaban J connectivity index is 1.40. The summed E-state index contributed by atoms with van der Waals surface area (Å²) in [5, 5.41) is 18.4. The van der Waals surface area contributed by atoms with Gasteiger partial charge in [-0.1, -0.05) is 35.9 Å². The lowest BCUT2D eigenvalue weighted by molar-refractivity contribution is 0.0934. The van der Waals surface area contributed by atoms with Gasteiger partial charge in [-0.25, -0.2) is 4.79 Å². The number of halogens is 1. The third-order valence-corrected chi connectivity index (χ3v) is 7.63. The number of rotatable bonds is 4. The minimum absolute atomic E-state index is 0.0963. The highest BCUT2D eigenvalue weighted by Gasteiger charge is 2.35. The molecule has 0 saturated heterocycles. The molecule has 2 aliphatic rings. The molecule has 2 aliphatic heterocycles. The molecule has 0 saturated carbocycles. The van der Waals surface area contributed by atoms with Crippen molar-refractivity contribution in [2.45, 2.75) is 32.5 Å². The average molecular weight is 498 g/mol. The van der Waals surface area contributed by atoms with Crippen LogP contribution in [0.3, 0.4) is 0 Å². The number of ether oxygens (including phenoxy) is 1. The molecule has 0 bridgehead atoms. The van der Waals surface area contributed by atoms with E-state index < -0.39 is 6.17 Å². The van der Waals surface area contributed by atoms with Crippen LogP contribution in [-0.2, 0) is 24.1 Å². The lowest BCUT2D eigenvalue weighted by Crippen LogP contribution is -2.39. The van der Waals surface area contributed by atoms with Crippen LogP contribution < -0.4 is 10.6 Å². The van der Waals surface area contributed by atoms with Crippen molar-refractivity contribution in [2.24, 2.45) is 0 Å². The van der Waals surface area contributed by atoms with Crippen LogP contribution in [0.15, 0.2) is 42.5 Å². The zero-order chi connectivity index (χ0) is 23.8. The molecule has 176 valence electrons. The minimum Gasteiger partial charge on any atom is -0.508 e. The summed E-state index contributed by atoms with van der Waals surface area (Å²) in [4.78, 5) is 27.9. The second-order valence-corrected chi connectivity index (χ2v) is 9.80. The van der Waals surface area contributed by atoms with Gasteiger partial charge in [0.1, 0.15) is 16.9 Å². The van der Waals surface area contributed by atoms with Gasteiger partial charge in [-0.2, -0.15) is 0 Å². The highest BCUT2D eigenvalue weighted by Crippen LogP contribution is 2.42. The van der Waals surface area contributed by atoms with Crippen molar-refractivity contribution in [2.75, 3.05) is 18.5 Å². The fraction of sp³-hybridized carbons (Fsp3) is 0.280. The molecular weight excluding hydrogens is 474 g/mol. The van der Waals surface area contributed by atoms with Gasteiger partial charge < -0.3 is 25.4 Å². The Bertz CT molecular complexity index is 1280. The molecule has 3 N–H and O–H groups in total. The number of nitrogens with one attached hydrogen (secondary N) is 2. The molecule has 1 aromatic heterocycles. The van der Waals surface area contributed by atoms with Crippen LogP contribution in [0, 0.1) is 0 Å². The van der Waals surface area contributed by atoms with E-state index in [9.17, 15) is 14.7 Å². The lowest BCUT2D eigenvalue weighted by atomic mass is 9.98. The number of phenols is 1. The van der Waals surface area contributed by atoms with E-state index in [4.69, 9.17) is 16.3 Å². The third kappa shape index (κ3) is 4.19. The maximum Gasteiger partial charge on any atom is 0.410 e. The van der Waals surface area contributed by atoms with Crippen LogP contribution in [0.25, 0.3) is 0 Å². The molecule has 2 amide bonds.